The van der Waals surface area contributed by atoms with Crippen molar-refractivity contribution in [2.75, 3.05) is 6.61 Å². The number of cyclic esters (lactones) is 1. The van der Waals surface area contributed by atoms with Crippen LogP contribution in [0.5, 0.6) is 0 Å². The molecular weight excluding hydrogens is 272 g/mol. The number of rotatable bonds is 3. The summed E-state index contributed by atoms with van der Waals surface area (Å²) in [5, 5.41) is 0.135. The van der Waals surface area contributed by atoms with Crippen LogP contribution in [0.2, 0.25) is 18.1 Å². The van der Waals surface area contributed by atoms with Gasteiger partial charge in [-0.15, -0.1) is 0 Å². The Labute approximate surface area is 122 Å². The monoisotopic (exact) mass is 298 g/mol. The van der Waals surface area contributed by atoms with Crippen LogP contribution < -0.4 is 0 Å². The van der Waals surface area contributed by atoms with Crippen LogP contribution in [0.15, 0.2) is 0 Å². The highest BCUT2D eigenvalue weighted by Crippen LogP contribution is 2.45. The molecule has 0 amide bonds. The van der Waals surface area contributed by atoms with Crippen molar-refractivity contribution < 1.29 is 18.8 Å². The van der Waals surface area contributed by atoms with Crippen molar-refractivity contribution in [1.29, 1.82) is 0 Å². The fourth-order valence-corrected chi connectivity index (χ4v) is 3.79. The molecule has 4 nitrogen and oxygen atoms in total. The third kappa shape index (κ3) is 2.57. The van der Waals surface area contributed by atoms with Gasteiger partial charge in [0.2, 0.25) is 0 Å². The Kier molecular flexibility index (Phi) is 3.88. The van der Waals surface area contributed by atoms with Gasteiger partial charge in [0.15, 0.2) is 8.32 Å². The number of hydrogen-bond donors (Lipinski definition) is 0. The highest BCUT2D eigenvalue weighted by molar-refractivity contribution is 6.74. The van der Waals surface area contributed by atoms with Crippen LogP contribution in [0, 0.1) is 5.41 Å². The number of carbonyl (C=O) groups is 2. The van der Waals surface area contributed by atoms with E-state index in [4.69, 9.17) is 9.16 Å². The van der Waals surface area contributed by atoms with E-state index in [2.05, 4.69) is 33.9 Å². The second kappa shape index (κ2) is 4.95. The van der Waals surface area contributed by atoms with Gasteiger partial charge in [0, 0.05) is 12.8 Å². The normalized spacial score (nSPS) is 31.1. The van der Waals surface area contributed by atoms with E-state index >= 15 is 0 Å². The number of ether oxygens (including phenoxy) is 1. The summed E-state index contributed by atoms with van der Waals surface area (Å²) < 4.78 is 11.5. The molecule has 0 aromatic carbocycles. The molecule has 0 radical (unpaired) electrons. The maximum atomic E-state index is 12.1. The van der Waals surface area contributed by atoms with E-state index in [1.54, 1.807) is 0 Å². The van der Waals surface area contributed by atoms with Crippen LogP contribution in [0.1, 0.15) is 46.5 Å². The first-order valence-corrected chi connectivity index (χ1v) is 10.4. The molecule has 5 heteroatoms. The Morgan fingerprint density at radius 3 is 2.50 bits per heavy atom. The van der Waals surface area contributed by atoms with Crippen molar-refractivity contribution in [3.05, 3.63) is 0 Å². The largest absolute Gasteiger partial charge is 0.459 e. The Morgan fingerprint density at radius 2 is 2.00 bits per heavy atom. The highest BCUT2D eigenvalue weighted by Gasteiger charge is 2.56. The molecule has 0 bridgehead atoms. The van der Waals surface area contributed by atoms with E-state index < -0.39 is 13.7 Å². The lowest BCUT2D eigenvalue weighted by Crippen LogP contribution is -2.42. The maximum absolute atomic E-state index is 12.1. The minimum atomic E-state index is -1.84. The van der Waals surface area contributed by atoms with Gasteiger partial charge in [0.05, 0.1) is 6.61 Å². The third-order valence-corrected chi connectivity index (χ3v) is 9.72. The molecule has 1 aliphatic heterocycles. The molecule has 1 heterocycles. The Balaban J connectivity index is 1.97. The Morgan fingerprint density at radius 1 is 1.35 bits per heavy atom. The van der Waals surface area contributed by atoms with E-state index in [1.165, 1.54) is 0 Å². The lowest BCUT2D eigenvalue weighted by atomic mass is 9.82. The molecule has 114 valence electrons. The van der Waals surface area contributed by atoms with E-state index in [0.29, 0.717) is 25.9 Å². The minimum Gasteiger partial charge on any atom is -0.459 e. The van der Waals surface area contributed by atoms with Crippen LogP contribution >= 0.6 is 0 Å². The van der Waals surface area contributed by atoms with Gasteiger partial charge in [0.1, 0.15) is 17.3 Å². The number of hydrogen-bond acceptors (Lipinski definition) is 4. The molecule has 1 aliphatic carbocycles. The number of esters is 1. The second-order valence-electron chi connectivity index (χ2n) is 7.66. The van der Waals surface area contributed by atoms with Crippen LogP contribution in [-0.2, 0) is 18.8 Å². The minimum absolute atomic E-state index is 0.0670. The SMILES string of the molecule is CC(C)(C)[Si](C)(C)OC[C@@H]1C[C@]2(CCCC2=O)C(=O)O1. The molecule has 0 N–H and O–H groups in total. The molecule has 2 fully saturated rings. The van der Waals surface area contributed by atoms with Crippen LogP contribution in [-0.4, -0.2) is 32.8 Å². The van der Waals surface area contributed by atoms with E-state index in [9.17, 15) is 9.59 Å². The number of Topliss-reactive ketones (excluding diaryl/α,β-unsaturated/α-hetero) is 1. The first-order chi connectivity index (χ1) is 9.08. The van der Waals surface area contributed by atoms with Gasteiger partial charge in [-0.25, -0.2) is 0 Å². The lowest BCUT2D eigenvalue weighted by molar-refractivity contribution is -0.152. The summed E-state index contributed by atoms with van der Waals surface area (Å²) in [5.41, 5.74) is -0.832. The van der Waals surface area contributed by atoms with Gasteiger partial charge < -0.3 is 9.16 Å². The standard InChI is InChI=1S/C15H26O4Si/c1-14(2,3)20(4,5)18-10-11-9-15(13(17)19-11)8-6-7-12(15)16/h11H,6-10H2,1-5H3/t11-,15-/m0/s1. The van der Waals surface area contributed by atoms with Crippen molar-refractivity contribution in [2.45, 2.75) is 70.7 Å². The molecule has 1 saturated heterocycles. The van der Waals surface area contributed by atoms with E-state index in [0.717, 1.165) is 6.42 Å². The van der Waals surface area contributed by atoms with Crippen molar-refractivity contribution in [1.82, 2.24) is 0 Å². The summed E-state index contributed by atoms with van der Waals surface area (Å²) >= 11 is 0. The zero-order chi connectivity index (χ0) is 15.2. The van der Waals surface area contributed by atoms with Crippen molar-refractivity contribution in [2.24, 2.45) is 5.41 Å². The summed E-state index contributed by atoms with van der Waals surface area (Å²) in [6.45, 7) is 11.3. The summed E-state index contributed by atoms with van der Waals surface area (Å²) in [6, 6.07) is 0. The topological polar surface area (TPSA) is 52.6 Å². The quantitative estimate of drug-likeness (QED) is 0.456. The zero-order valence-corrected chi connectivity index (χ0v) is 14.2. The van der Waals surface area contributed by atoms with E-state index in [1.807, 2.05) is 0 Å². The molecule has 1 saturated carbocycles. The molecule has 0 aromatic rings. The van der Waals surface area contributed by atoms with Gasteiger partial charge in [0.25, 0.3) is 0 Å². The third-order valence-electron chi connectivity index (χ3n) is 5.22. The van der Waals surface area contributed by atoms with Gasteiger partial charge in [-0.1, -0.05) is 20.8 Å². The average molecular weight is 298 g/mol. The van der Waals surface area contributed by atoms with E-state index in [-0.39, 0.29) is 22.9 Å². The maximum Gasteiger partial charge on any atom is 0.320 e. The lowest BCUT2D eigenvalue weighted by Gasteiger charge is -2.36. The predicted octanol–water partition coefficient (Wildman–Crippen LogP) is 3.06. The van der Waals surface area contributed by atoms with Crippen LogP contribution in [0.4, 0.5) is 0 Å². The molecular formula is C15H26O4Si. The fraction of sp³-hybridized carbons (Fsp3) is 0.867. The Bertz CT molecular complexity index is 424. The van der Waals surface area contributed by atoms with Crippen LogP contribution in [0.3, 0.4) is 0 Å². The summed E-state index contributed by atoms with van der Waals surface area (Å²) in [7, 11) is -1.84. The fourth-order valence-electron chi connectivity index (χ4n) is 2.75. The smallest absolute Gasteiger partial charge is 0.320 e. The van der Waals surface area contributed by atoms with Gasteiger partial charge >= 0.3 is 5.97 Å². The summed E-state index contributed by atoms with van der Waals surface area (Å²) in [4.78, 5) is 24.0. The summed E-state index contributed by atoms with van der Waals surface area (Å²) in [6.07, 6.45) is 2.24. The second-order valence-corrected chi connectivity index (χ2v) is 12.5. The highest BCUT2D eigenvalue weighted by atomic mass is 28.4. The molecule has 2 aliphatic rings. The van der Waals surface area contributed by atoms with Crippen LogP contribution in [0.25, 0.3) is 0 Å². The Hall–Kier alpha value is -0.683. The first kappa shape index (κ1) is 15.7. The molecule has 1 spiro atoms. The first-order valence-electron chi connectivity index (χ1n) is 7.47. The molecule has 2 atom stereocenters. The molecule has 2 rings (SSSR count). The number of carbonyl (C=O) groups excluding carboxylic acids is 2. The molecule has 20 heavy (non-hydrogen) atoms. The summed E-state index contributed by atoms with van der Waals surface area (Å²) in [5.74, 6) is -0.249. The predicted molar refractivity (Wildman–Crippen MR) is 78.9 cm³/mol. The number of ketones is 1. The van der Waals surface area contributed by atoms with Gasteiger partial charge in [-0.3, -0.25) is 9.59 Å². The molecule has 0 unspecified atom stereocenters. The van der Waals surface area contributed by atoms with Gasteiger partial charge in [-0.2, -0.15) is 0 Å². The van der Waals surface area contributed by atoms with Gasteiger partial charge in [-0.05, 0) is 31.0 Å². The zero-order valence-electron chi connectivity index (χ0n) is 13.2. The van der Waals surface area contributed by atoms with Crippen molar-refractivity contribution in [3.8, 4) is 0 Å². The average Bonchev–Trinajstić information content (AvgIpc) is 2.82. The molecule has 0 aromatic heterocycles. The van der Waals surface area contributed by atoms with Crippen molar-refractivity contribution >= 4 is 20.1 Å². The van der Waals surface area contributed by atoms with Crippen molar-refractivity contribution in [3.63, 3.8) is 0 Å².